The number of aliphatic hydroxyl groups is 1. The standard InChI is InChI=1S/C17H19NO2/c1-13(14-8-4-2-5-9-14)17(20)18-12-16(19)15-10-6-3-7-11-15/h2-11,13,16,19H,12H2,1H3,(H,18,20)/t13-,16+/m1/s1. The number of rotatable bonds is 5. The fraction of sp³-hybridized carbons (Fsp3) is 0.235. The van der Waals surface area contributed by atoms with Crippen molar-refractivity contribution < 1.29 is 9.90 Å². The van der Waals surface area contributed by atoms with E-state index in [2.05, 4.69) is 5.32 Å². The van der Waals surface area contributed by atoms with Crippen molar-refractivity contribution in [3.8, 4) is 0 Å². The zero-order valence-corrected chi connectivity index (χ0v) is 11.5. The molecule has 0 radical (unpaired) electrons. The van der Waals surface area contributed by atoms with Gasteiger partial charge in [0.2, 0.25) is 5.91 Å². The van der Waals surface area contributed by atoms with E-state index in [4.69, 9.17) is 0 Å². The molecule has 0 aliphatic heterocycles. The Bertz CT molecular complexity index is 539. The van der Waals surface area contributed by atoms with Gasteiger partial charge in [-0.15, -0.1) is 0 Å². The van der Waals surface area contributed by atoms with Crippen LogP contribution in [0.3, 0.4) is 0 Å². The Morgan fingerprint density at radius 2 is 1.50 bits per heavy atom. The van der Waals surface area contributed by atoms with Gasteiger partial charge in [0, 0.05) is 6.54 Å². The number of hydrogen-bond acceptors (Lipinski definition) is 2. The summed E-state index contributed by atoms with van der Waals surface area (Å²) in [5, 5.41) is 12.8. The van der Waals surface area contributed by atoms with Crippen molar-refractivity contribution in [1.82, 2.24) is 5.32 Å². The Labute approximate surface area is 119 Å². The molecule has 1 amide bonds. The molecule has 2 atom stereocenters. The summed E-state index contributed by atoms with van der Waals surface area (Å²) in [5.74, 6) is -0.301. The van der Waals surface area contributed by atoms with Crippen molar-refractivity contribution in [3.63, 3.8) is 0 Å². The Hall–Kier alpha value is -2.13. The van der Waals surface area contributed by atoms with Crippen molar-refractivity contribution in [2.45, 2.75) is 18.9 Å². The van der Waals surface area contributed by atoms with Crippen LogP contribution in [0.1, 0.15) is 30.1 Å². The minimum Gasteiger partial charge on any atom is -0.387 e. The van der Waals surface area contributed by atoms with Crippen molar-refractivity contribution >= 4 is 5.91 Å². The van der Waals surface area contributed by atoms with E-state index >= 15 is 0 Å². The van der Waals surface area contributed by atoms with E-state index in [9.17, 15) is 9.90 Å². The van der Waals surface area contributed by atoms with Crippen LogP contribution < -0.4 is 5.32 Å². The molecular formula is C17H19NO2. The fourth-order valence-electron chi connectivity index (χ4n) is 2.04. The van der Waals surface area contributed by atoms with Crippen LogP contribution in [0, 0.1) is 0 Å². The van der Waals surface area contributed by atoms with Crippen LogP contribution in [0.25, 0.3) is 0 Å². The highest BCUT2D eigenvalue weighted by Gasteiger charge is 2.16. The maximum atomic E-state index is 12.1. The van der Waals surface area contributed by atoms with Gasteiger partial charge in [-0.2, -0.15) is 0 Å². The molecule has 2 rings (SSSR count). The smallest absolute Gasteiger partial charge is 0.227 e. The second kappa shape index (κ2) is 6.87. The highest BCUT2D eigenvalue weighted by Crippen LogP contribution is 2.15. The molecule has 0 aromatic heterocycles. The topological polar surface area (TPSA) is 49.3 Å². The van der Waals surface area contributed by atoms with Crippen LogP contribution in [0.5, 0.6) is 0 Å². The zero-order valence-electron chi connectivity index (χ0n) is 11.5. The summed E-state index contributed by atoms with van der Waals surface area (Å²) in [4.78, 5) is 12.1. The van der Waals surface area contributed by atoms with E-state index in [1.165, 1.54) is 0 Å². The van der Waals surface area contributed by atoms with Crippen LogP contribution in [0.15, 0.2) is 60.7 Å². The van der Waals surface area contributed by atoms with Crippen molar-refractivity contribution in [2.75, 3.05) is 6.54 Å². The molecule has 2 N–H and O–H groups in total. The van der Waals surface area contributed by atoms with E-state index in [1.807, 2.05) is 67.6 Å². The van der Waals surface area contributed by atoms with E-state index in [1.54, 1.807) is 0 Å². The van der Waals surface area contributed by atoms with Gasteiger partial charge in [-0.05, 0) is 18.1 Å². The first kappa shape index (κ1) is 14.3. The van der Waals surface area contributed by atoms with Gasteiger partial charge in [0.25, 0.3) is 0 Å². The molecule has 0 unspecified atom stereocenters. The van der Waals surface area contributed by atoms with Crippen LogP contribution >= 0.6 is 0 Å². The molecule has 104 valence electrons. The fourth-order valence-corrected chi connectivity index (χ4v) is 2.04. The first-order valence-electron chi connectivity index (χ1n) is 6.74. The van der Waals surface area contributed by atoms with E-state index in [0.29, 0.717) is 0 Å². The molecule has 0 bridgehead atoms. The molecule has 0 saturated heterocycles. The molecule has 2 aromatic carbocycles. The Morgan fingerprint density at radius 1 is 1.00 bits per heavy atom. The van der Waals surface area contributed by atoms with Gasteiger partial charge >= 0.3 is 0 Å². The van der Waals surface area contributed by atoms with Gasteiger partial charge in [-0.25, -0.2) is 0 Å². The third-order valence-electron chi connectivity index (χ3n) is 3.35. The Balaban J connectivity index is 1.89. The Kier molecular flexibility index (Phi) is 4.91. The minimum absolute atomic E-state index is 0.0776. The summed E-state index contributed by atoms with van der Waals surface area (Å²) in [5.41, 5.74) is 1.78. The first-order valence-corrected chi connectivity index (χ1v) is 6.74. The second-order valence-corrected chi connectivity index (χ2v) is 4.80. The van der Waals surface area contributed by atoms with Crippen LogP contribution in [-0.4, -0.2) is 17.6 Å². The quantitative estimate of drug-likeness (QED) is 0.876. The summed E-state index contributed by atoms with van der Waals surface area (Å²) in [6, 6.07) is 18.9. The third-order valence-corrected chi connectivity index (χ3v) is 3.35. The number of carbonyl (C=O) groups excluding carboxylic acids is 1. The average Bonchev–Trinajstić information content (AvgIpc) is 2.53. The molecule has 3 heteroatoms. The minimum atomic E-state index is -0.678. The van der Waals surface area contributed by atoms with Gasteiger partial charge in [-0.1, -0.05) is 60.7 Å². The molecule has 0 saturated carbocycles. The predicted molar refractivity (Wildman–Crippen MR) is 79.3 cm³/mol. The van der Waals surface area contributed by atoms with E-state index < -0.39 is 6.10 Å². The lowest BCUT2D eigenvalue weighted by molar-refractivity contribution is -0.122. The molecule has 0 aliphatic rings. The first-order chi connectivity index (χ1) is 9.68. The molecular weight excluding hydrogens is 250 g/mol. The molecule has 20 heavy (non-hydrogen) atoms. The number of hydrogen-bond donors (Lipinski definition) is 2. The molecule has 2 aromatic rings. The maximum Gasteiger partial charge on any atom is 0.227 e. The lowest BCUT2D eigenvalue weighted by Gasteiger charge is -2.15. The van der Waals surface area contributed by atoms with Crippen molar-refractivity contribution in [3.05, 3.63) is 71.8 Å². The molecule has 0 fully saturated rings. The highest BCUT2D eigenvalue weighted by atomic mass is 16.3. The van der Waals surface area contributed by atoms with Crippen LogP contribution in [0.4, 0.5) is 0 Å². The monoisotopic (exact) mass is 269 g/mol. The number of aliphatic hydroxyl groups excluding tert-OH is 1. The van der Waals surface area contributed by atoms with Gasteiger partial charge in [0.1, 0.15) is 0 Å². The SMILES string of the molecule is C[C@@H](C(=O)NC[C@H](O)c1ccccc1)c1ccccc1. The summed E-state index contributed by atoms with van der Waals surface area (Å²) < 4.78 is 0. The summed E-state index contributed by atoms with van der Waals surface area (Å²) >= 11 is 0. The number of amides is 1. The summed E-state index contributed by atoms with van der Waals surface area (Å²) in [7, 11) is 0. The molecule has 0 heterocycles. The van der Waals surface area contributed by atoms with Gasteiger partial charge < -0.3 is 10.4 Å². The van der Waals surface area contributed by atoms with E-state index in [-0.39, 0.29) is 18.4 Å². The van der Waals surface area contributed by atoms with Crippen molar-refractivity contribution in [2.24, 2.45) is 0 Å². The van der Waals surface area contributed by atoms with Gasteiger partial charge in [0.15, 0.2) is 0 Å². The van der Waals surface area contributed by atoms with Gasteiger partial charge in [-0.3, -0.25) is 4.79 Å². The second-order valence-electron chi connectivity index (χ2n) is 4.80. The largest absolute Gasteiger partial charge is 0.387 e. The Morgan fingerprint density at radius 3 is 2.05 bits per heavy atom. The normalized spacial score (nSPS) is 13.5. The zero-order chi connectivity index (χ0) is 14.4. The van der Waals surface area contributed by atoms with E-state index in [0.717, 1.165) is 11.1 Å². The summed E-state index contributed by atoms with van der Waals surface area (Å²) in [6.07, 6.45) is -0.678. The lowest BCUT2D eigenvalue weighted by atomic mass is 10.0. The van der Waals surface area contributed by atoms with Gasteiger partial charge in [0.05, 0.1) is 12.0 Å². The number of nitrogens with one attached hydrogen (secondary N) is 1. The summed E-state index contributed by atoms with van der Waals surface area (Å²) in [6.45, 7) is 2.08. The maximum absolute atomic E-state index is 12.1. The predicted octanol–water partition coefficient (Wildman–Crippen LogP) is 2.64. The number of carbonyl (C=O) groups is 1. The highest BCUT2D eigenvalue weighted by molar-refractivity contribution is 5.83. The molecule has 3 nitrogen and oxygen atoms in total. The lowest BCUT2D eigenvalue weighted by Crippen LogP contribution is -2.31. The number of benzene rings is 2. The molecule has 0 aliphatic carbocycles. The van der Waals surface area contributed by atoms with Crippen LogP contribution in [-0.2, 0) is 4.79 Å². The third kappa shape index (κ3) is 3.68. The van der Waals surface area contributed by atoms with Crippen LogP contribution in [0.2, 0.25) is 0 Å². The van der Waals surface area contributed by atoms with Crippen molar-refractivity contribution in [1.29, 1.82) is 0 Å². The molecule has 0 spiro atoms. The average molecular weight is 269 g/mol.